The van der Waals surface area contributed by atoms with Crippen molar-refractivity contribution in [2.24, 2.45) is 12.8 Å². The number of hydrogen-bond donors (Lipinski definition) is 1. The summed E-state index contributed by atoms with van der Waals surface area (Å²) < 4.78 is 14.8. The van der Waals surface area contributed by atoms with Crippen molar-refractivity contribution in [1.29, 1.82) is 0 Å². The molecule has 162 valence electrons. The van der Waals surface area contributed by atoms with Crippen molar-refractivity contribution < 1.29 is 14.3 Å². The van der Waals surface area contributed by atoms with E-state index in [4.69, 9.17) is 15.2 Å². The average molecular weight is 425 g/mol. The molecule has 10 heteroatoms. The lowest BCUT2D eigenvalue weighted by molar-refractivity contribution is -0.119. The summed E-state index contributed by atoms with van der Waals surface area (Å²) >= 11 is 0. The number of aryl methyl sites for hydroxylation is 2. The van der Waals surface area contributed by atoms with E-state index >= 15 is 0 Å². The van der Waals surface area contributed by atoms with Gasteiger partial charge in [-0.25, -0.2) is 9.78 Å². The molecular formula is C21H23N5O5. The normalized spacial score (nSPS) is 10.6. The fourth-order valence-electron chi connectivity index (χ4n) is 3.18. The van der Waals surface area contributed by atoms with Crippen molar-refractivity contribution in [3.8, 4) is 23.3 Å². The second-order valence-electron chi connectivity index (χ2n) is 6.61. The molecule has 31 heavy (non-hydrogen) atoms. The Morgan fingerprint density at radius 3 is 2.45 bits per heavy atom. The zero-order chi connectivity index (χ0) is 22.7. The van der Waals surface area contributed by atoms with Gasteiger partial charge in [-0.15, -0.1) is 0 Å². The molecule has 0 saturated heterocycles. The van der Waals surface area contributed by atoms with Gasteiger partial charge in [-0.2, -0.15) is 0 Å². The van der Waals surface area contributed by atoms with E-state index in [-0.39, 0.29) is 13.2 Å². The highest BCUT2D eigenvalue weighted by atomic mass is 16.5. The molecule has 0 fully saturated rings. The van der Waals surface area contributed by atoms with E-state index in [1.807, 2.05) is 6.92 Å². The lowest BCUT2D eigenvalue weighted by Gasteiger charge is -2.09. The van der Waals surface area contributed by atoms with Crippen LogP contribution in [-0.2, 0) is 24.9 Å². The number of nitrogens with two attached hydrogens (primary N) is 1. The van der Waals surface area contributed by atoms with Crippen LogP contribution in [0.4, 0.5) is 0 Å². The summed E-state index contributed by atoms with van der Waals surface area (Å²) in [7, 11) is 3.16. The molecule has 0 unspecified atom stereocenters. The molecule has 0 aliphatic carbocycles. The van der Waals surface area contributed by atoms with Crippen LogP contribution in [0.1, 0.15) is 25.2 Å². The molecular weight excluding hydrogens is 402 g/mol. The summed E-state index contributed by atoms with van der Waals surface area (Å²) in [5, 5.41) is 0. The highest BCUT2D eigenvalue weighted by molar-refractivity contribution is 5.75. The molecule has 0 spiro atoms. The van der Waals surface area contributed by atoms with Crippen molar-refractivity contribution in [3.05, 3.63) is 50.4 Å². The maximum atomic E-state index is 12.8. The Bertz CT molecular complexity index is 1340. The Morgan fingerprint density at radius 2 is 1.84 bits per heavy atom. The smallest absolute Gasteiger partial charge is 0.332 e. The van der Waals surface area contributed by atoms with Crippen LogP contribution in [0.5, 0.6) is 11.5 Å². The van der Waals surface area contributed by atoms with Crippen molar-refractivity contribution >= 4 is 17.1 Å². The molecule has 1 aromatic carbocycles. The number of benzene rings is 1. The van der Waals surface area contributed by atoms with Crippen LogP contribution in [0.15, 0.2) is 27.8 Å². The number of hydrogen-bond acceptors (Lipinski definition) is 6. The second kappa shape index (κ2) is 8.79. The highest BCUT2D eigenvalue weighted by Gasteiger charge is 2.18. The van der Waals surface area contributed by atoms with Gasteiger partial charge >= 0.3 is 5.69 Å². The van der Waals surface area contributed by atoms with Gasteiger partial charge in [0.1, 0.15) is 0 Å². The average Bonchev–Trinajstić information content (AvgIpc) is 3.07. The van der Waals surface area contributed by atoms with Crippen LogP contribution in [0, 0.1) is 11.8 Å². The number of aromatic nitrogens is 4. The predicted octanol–water partition coefficient (Wildman–Crippen LogP) is 0.209. The maximum absolute atomic E-state index is 12.8. The summed E-state index contributed by atoms with van der Waals surface area (Å²) in [4.78, 5) is 40.7. The number of fused-ring (bicyclic) bond motifs is 1. The number of primary amides is 1. The molecule has 10 nitrogen and oxygen atoms in total. The van der Waals surface area contributed by atoms with E-state index in [1.165, 1.54) is 16.2 Å². The van der Waals surface area contributed by atoms with Gasteiger partial charge in [-0.3, -0.25) is 18.7 Å². The van der Waals surface area contributed by atoms with Crippen molar-refractivity contribution in [3.63, 3.8) is 0 Å². The van der Waals surface area contributed by atoms with Crippen LogP contribution in [-0.4, -0.2) is 38.3 Å². The fraction of sp³-hybridized carbons (Fsp3) is 0.333. The standard InChI is InChI=1S/C21H23N5O5/c1-5-25-19-18(20(28)26(6-2)21(25)29)24(3)17(23-19)10-8-13-7-9-14(15(11-13)30-4)31-12-16(22)27/h7,9,11H,5-6,12H2,1-4H3,(H2,22,27). The van der Waals surface area contributed by atoms with Gasteiger partial charge in [-0.1, -0.05) is 5.92 Å². The molecule has 3 rings (SSSR count). The highest BCUT2D eigenvalue weighted by Crippen LogP contribution is 2.27. The first-order valence-corrected chi connectivity index (χ1v) is 9.63. The van der Waals surface area contributed by atoms with Crippen LogP contribution in [0.2, 0.25) is 0 Å². The fourth-order valence-corrected chi connectivity index (χ4v) is 3.18. The largest absolute Gasteiger partial charge is 0.493 e. The lowest BCUT2D eigenvalue weighted by Crippen LogP contribution is -2.39. The Kier molecular flexibility index (Phi) is 6.15. The number of carbonyl (C=O) groups excluding carboxylic acids is 1. The van der Waals surface area contributed by atoms with Crippen LogP contribution >= 0.6 is 0 Å². The first-order chi connectivity index (χ1) is 14.8. The summed E-state index contributed by atoms with van der Waals surface area (Å²) in [6.45, 7) is 3.94. The number of ether oxygens (including phenoxy) is 2. The predicted molar refractivity (Wildman–Crippen MR) is 114 cm³/mol. The molecule has 2 N–H and O–H groups in total. The first kappa shape index (κ1) is 21.7. The molecule has 1 amide bonds. The second-order valence-corrected chi connectivity index (χ2v) is 6.61. The molecule has 2 aromatic heterocycles. The number of imidazole rings is 1. The number of rotatable bonds is 6. The summed E-state index contributed by atoms with van der Waals surface area (Å²) in [5.41, 5.74) is 5.54. The third kappa shape index (κ3) is 4.02. The summed E-state index contributed by atoms with van der Waals surface area (Å²) in [6, 6.07) is 4.97. The van der Waals surface area contributed by atoms with Crippen molar-refractivity contribution in [2.45, 2.75) is 26.9 Å². The quantitative estimate of drug-likeness (QED) is 0.563. The molecule has 0 saturated carbocycles. The Hall–Kier alpha value is -4.00. The summed E-state index contributed by atoms with van der Waals surface area (Å²) in [6.07, 6.45) is 0. The number of carbonyl (C=O) groups is 1. The van der Waals surface area contributed by atoms with E-state index in [2.05, 4.69) is 16.8 Å². The zero-order valence-corrected chi connectivity index (χ0v) is 17.8. The maximum Gasteiger partial charge on any atom is 0.332 e. The molecule has 0 aliphatic rings. The molecule has 0 bridgehead atoms. The summed E-state index contributed by atoms with van der Waals surface area (Å²) in [5.74, 6) is 6.42. The van der Waals surface area contributed by atoms with E-state index in [0.29, 0.717) is 40.6 Å². The van der Waals surface area contributed by atoms with E-state index in [1.54, 1.807) is 36.7 Å². The van der Waals surface area contributed by atoms with Crippen LogP contribution in [0.3, 0.4) is 0 Å². The third-order valence-electron chi connectivity index (χ3n) is 4.73. The SMILES string of the molecule is CCn1c(=O)c2c(nc(C#Cc3ccc(OCC(N)=O)c(OC)c3)n2C)n(CC)c1=O. The minimum Gasteiger partial charge on any atom is -0.493 e. The van der Waals surface area contributed by atoms with Crippen molar-refractivity contribution in [1.82, 2.24) is 18.7 Å². The first-order valence-electron chi connectivity index (χ1n) is 9.63. The molecule has 0 aliphatic heterocycles. The Balaban J connectivity index is 2.07. The lowest BCUT2D eigenvalue weighted by atomic mass is 10.2. The molecule has 2 heterocycles. The van der Waals surface area contributed by atoms with E-state index in [0.717, 1.165) is 0 Å². The molecule has 0 atom stereocenters. The number of methoxy groups -OCH3 is 1. The van der Waals surface area contributed by atoms with Gasteiger partial charge in [0.25, 0.3) is 11.5 Å². The van der Waals surface area contributed by atoms with Gasteiger partial charge in [-0.05, 0) is 38.0 Å². The van der Waals surface area contributed by atoms with Gasteiger partial charge in [0.15, 0.2) is 35.1 Å². The molecule has 0 radical (unpaired) electrons. The Labute approximate surface area is 177 Å². The number of amides is 1. The van der Waals surface area contributed by atoms with Gasteiger partial charge in [0.05, 0.1) is 7.11 Å². The van der Waals surface area contributed by atoms with Crippen LogP contribution in [0.25, 0.3) is 11.2 Å². The minimum absolute atomic E-state index is 0.268. The topological polar surface area (TPSA) is 123 Å². The number of nitrogens with zero attached hydrogens (tertiary/aromatic N) is 4. The van der Waals surface area contributed by atoms with Crippen LogP contribution < -0.4 is 26.5 Å². The van der Waals surface area contributed by atoms with Gasteiger partial charge < -0.3 is 19.8 Å². The Morgan fingerprint density at radius 1 is 1.13 bits per heavy atom. The monoisotopic (exact) mass is 425 g/mol. The van der Waals surface area contributed by atoms with Crippen molar-refractivity contribution in [2.75, 3.05) is 13.7 Å². The van der Waals surface area contributed by atoms with E-state index < -0.39 is 17.2 Å². The third-order valence-corrected chi connectivity index (χ3v) is 4.73. The van der Waals surface area contributed by atoms with Gasteiger partial charge in [0.2, 0.25) is 0 Å². The van der Waals surface area contributed by atoms with Gasteiger partial charge in [0, 0.05) is 25.7 Å². The molecule has 3 aromatic rings. The van der Waals surface area contributed by atoms with E-state index in [9.17, 15) is 14.4 Å². The minimum atomic E-state index is -0.597. The zero-order valence-electron chi connectivity index (χ0n) is 17.8.